The summed E-state index contributed by atoms with van der Waals surface area (Å²) in [7, 11) is 0. The van der Waals surface area contributed by atoms with Crippen LogP contribution in [0, 0.1) is 0 Å². The maximum atomic E-state index is 11.6. The van der Waals surface area contributed by atoms with E-state index in [0.717, 1.165) is 25.1 Å². The first kappa shape index (κ1) is 13.8. The molecular formula is C12H24N2OS. The van der Waals surface area contributed by atoms with E-state index in [4.69, 9.17) is 0 Å². The van der Waals surface area contributed by atoms with Gasteiger partial charge < -0.3 is 10.6 Å². The molecule has 94 valence electrons. The van der Waals surface area contributed by atoms with Gasteiger partial charge in [-0.05, 0) is 31.6 Å². The van der Waals surface area contributed by atoms with Gasteiger partial charge in [0.1, 0.15) is 0 Å². The van der Waals surface area contributed by atoms with Gasteiger partial charge in [-0.1, -0.05) is 20.3 Å². The van der Waals surface area contributed by atoms with Crippen LogP contribution in [-0.4, -0.2) is 36.0 Å². The number of amides is 1. The number of hydrogen-bond donors (Lipinski definition) is 2. The van der Waals surface area contributed by atoms with Crippen molar-refractivity contribution in [3.8, 4) is 0 Å². The summed E-state index contributed by atoms with van der Waals surface area (Å²) in [6.45, 7) is 5.68. The van der Waals surface area contributed by atoms with Crippen molar-refractivity contribution in [2.75, 3.05) is 18.8 Å². The van der Waals surface area contributed by atoms with Crippen LogP contribution in [0.15, 0.2) is 0 Å². The van der Waals surface area contributed by atoms with Crippen LogP contribution in [0.1, 0.15) is 39.5 Å². The van der Waals surface area contributed by atoms with E-state index in [9.17, 15) is 4.79 Å². The highest BCUT2D eigenvalue weighted by atomic mass is 32.2. The third-order valence-electron chi connectivity index (χ3n) is 2.89. The quantitative estimate of drug-likeness (QED) is 0.671. The van der Waals surface area contributed by atoms with Gasteiger partial charge in [-0.15, -0.1) is 0 Å². The van der Waals surface area contributed by atoms with Crippen molar-refractivity contribution in [2.45, 2.75) is 50.8 Å². The number of rotatable bonds is 7. The molecule has 1 saturated carbocycles. The monoisotopic (exact) mass is 244 g/mol. The Labute approximate surface area is 103 Å². The van der Waals surface area contributed by atoms with Crippen LogP contribution < -0.4 is 10.6 Å². The van der Waals surface area contributed by atoms with Gasteiger partial charge in [-0.2, -0.15) is 11.8 Å². The van der Waals surface area contributed by atoms with Gasteiger partial charge in [0.15, 0.2) is 0 Å². The van der Waals surface area contributed by atoms with E-state index in [1.165, 1.54) is 12.8 Å². The van der Waals surface area contributed by atoms with Gasteiger partial charge in [0.25, 0.3) is 0 Å². The summed E-state index contributed by atoms with van der Waals surface area (Å²) in [6.07, 6.45) is 4.74. The van der Waals surface area contributed by atoms with Gasteiger partial charge >= 0.3 is 0 Å². The molecule has 0 aromatic carbocycles. The molecule has 1 rings (SSSR count). The fraction of sp³-hybridized carbons (Fsp3) is 0.917. The van der Waals surface area contributed by atoms with E-state index in [-0.39, 0.29) is 5.91 Å². The lowest BCUT2D eigenvalue weighted by molar-refractivity contribution is -0.120. The summed E-state index contributed by atoms with van der Waals surface area (Å²) >= 11 is 1.98. The molecule has 0 aromatic rings. The van der Waals surface area contributed by atoms with E-state index in [1.54, 1.807) is 0 Å². The molecule has 1 aliphatic rings. The Morgan fingerprint density at radius 3 is 2.88 bits per heavy atom. The molecule has 0 spiro atoms. The van der Waals surface area contributed by atoms with Crippen LogP contribution in [-0.2, 0) is 4.79 Å². The van der Waals surface area contributed by atoms with Crippen molar-refractivity contribution < 1.29 is 4.79 Å². The number of carbonyl (C=O) groups excluding carboxylic acids is 1. The Bertz CT molecular complexity index is 211. The predicted octanol–water partition coefficient (Wildman–Crippen LogP) is 1.78. The van der Waals surface area contributed by atoms with Crippen molar-refractivity contribution in [1.29, 1.82) is 0 Å². The highest BCUT2D eigenvalue weighted by Gasteiger charge is 2.27. The summed E-state index contributed by atoms with van der Waals surface area (Å²) in [5.74, 6) is 1.30. The lowest BCUT2D eigenvalue weighted by Crippen LogP contribution is -2.43. The minimum absolute atomic E-state index is 0.155. The zero-order valence-corrected chi connectivity index (χ0v) is 11.2. The largest absolute Gasteiger partial charge is 0.351 e. The summed E-state index contributed by atoms with van der Waals surface area (Å²) in [5, 5.41) is 6.93. The van der Waals surface area contributed by atoms with Crippen LogP contribution in [0.2, 0.25) is 0 Å². The highest BCUT2D eigenvalue weighted by Crippen LogP contribution is 2.29. The second-order valence-electron chi connectivity index (χ2n) is 4.28. The molecule has 16 heavy (non-hydrogen) atoms. The highest BCUT2D eigenvalue weighted by molar-refractivity contribution is 7.99. The zero-order chi connectivity index (χ0) is 11.8. The first-order chi connectivity index (χ1) is 7.77. The molecule has 0 heterocycles. The fourth-order valence-electron chi connectivity index (χ4n) is 2.14. The smallest absolute Gasteiger partial charge is 0.234 e. The number of hydrogen-bond acceptors (Lipinski definition) is 3. The molecule has 3 nitrogen and oxygen atoms in total. The number of carbonyl (C=O) groups is 1. The standard InChI is InChI=1S/C12H24N2OS/c1-3-8-13-9-12(15)14-10-6-5-7-11(10)16-4-2/h10-11,13H,3-9H2,1-2H3,(H,14,15). The lowest BCUT2D eigenvalue weighted by Gasteiger charge is -2.20. The molecule has 0 saturated heterocycles. The molecule has 0 radical (unpaired) electrons. The predicted molar refractivity (Wildman–Crippen MR) is 70.9 cm³/mol. The molecule has 1 amide bonds. The second-order valence-corrected chi connectivity index (χ2v) is 5.79. The Morgan fingerprint density at radius 1 is 1.38 bits per heavy atom. The van der Waals surface area contributed by atoms with Gasteiger partial charge in [0.05, 0.1) is 6.54 Å². The van der Waals surface area contributed by atoms with Crippen LogP contribution >= 0.6 is 11.8 Å². The topological polar surface area (TPSA) is 41.1 Å². The third-order valence-corrected chi connectivity index (χ3v) is 4.22. The molecule has 0 aromatic heterocycles. The average molecular weight is 244 g/mol. The average Bonchev–Trinajstić information content (AvgIpc) is 2.67. The molecule has 0 bridgehead atoms. The van der Waals surface area contributed by atoms with Crippen molar-refractivity contribution in [3.05, 3.63) is 0 Å². The van der Waals surface area contributed by atoms with Crippen molar-refractivity contribution >= 4 is 17.7 Å². The van der Waals surface area contributed by atoms with Crippen molar-refractivity contribution in [2.24, 2.45) is 0 Å². The molecule has 1 aliphatic carbocycles. The third kappa shape index (κ3) is 4.74. The first-order valence-corrected chi connectivity index (χ1v) is 7.44. The normalized spacial score (nSPS) is 24.6. The maximum Gasteiger partial charge on any atom is 0.234 e. The van der Waals surface area contributed by atoms with E-state index in [1.807, 2.05) is 11.8 Å². The zero-order valence-electron chi connectivity index (χ0n) is 10.4. The summed E-state index contributed by atoms with van der Waals surface area (Å²) in [6, 6.07) is 0.404. The Morgan fingerprint density at radius 2 is 2.19 bits per heavy atom. The van der Waals surface area contributed by atoms with Crippen LogP contribution in [0.4, 0.5) is 0 Å². The van der Waals surface area contributed by atoms with Crippen molar-refractivity contribution in [3.63, 3.8) is 0 Å². The fourth-order valence-corrected chi connectivity index (χ4v) is 3.34. The first-order valence-electron chi connectivity index (χ1n) is 6.39. The maximum absolute atomic E-state index is 11.6. The molecule has 1 fully saturated rings. The summed E-state index contributed by atoms with van der Waals surface area (Å²) in [4.78, 5) is 11.6. The van der Waals surface area contributed by atoms with E-state index >= 15 is 0 Å². The Balaban J connectivity index is 2.21. The van der Waals surface area contributed by atoms with Gasteiger partial charge in [-0.3, -0.25) is 4.79 Å². The Hall–Kier alpha value is -0.220. The summed E-state index contributed by atoms with van der Waals surface area (Å²) < 4.78 is 0. The number of nitrogens with one attached hydrogen (secondary N) is 2. The Kier molecular flexibility index (Phi) is 6.88. The van der Waals surface area contributed by atoms with E-state index in [0.29, 0.717) is 17.8 Å². The molecule has 2 unspecified atom stereocenters. The van der Waals surface area contributed by atoms with Crippen LogP contribution in [0.25, 0.3) is 0 Å². The van der Waals surface area contributed by atoms with E-state index < -0.39 is 0 Å². The second kappa shape index (κ2) is 7.96. The van der Waals surface area contributed by atoms with Gasteiger partial charge in [0, 0.05) is 11.3 Å². The number of thioether (sulfide) groups is 1. The molecular weight excluding hydrogens is 220 g/mol. The summed E-state index contributed by atoms with van der Waals surface area (Å²) in [5.41, 5.74) is 0. The van der Waals surface area contributed by atoms with Crippen LogP contribution in [0.3, 0.4) is 0 Å². The van der Waals surface area contributed by atoms with Crippen molar-refractivity contribution in [1.82, 2.24) is 10.6 Å². The molecule has 0 aliphatic heterocycles. The lowest BCUT2D eigenvalue weighted by atomic mass is 10.2. The minimum atomic E-state index is 0.155. The SMILES string of the molecule is CCCNCC(=O)NC1CCCC1SCC. The molecule has 2 N–H and O–H groups in total. The molecule has 2 atom stereocenters. The molecule has 4 heteroatoms. The van der Waals surface area contributed by atoms with Gasteiger partial charge in [0.2, 0.25) is 5.91 Å². The van der Waals surface area contributed by atoms with E-state index in [2.05, 4.69) is 24.5 Å². The minimum Gasteiger partial charge on any atom is -0.351 e. The van der Waals surface area contributed by atoms with Crippen LogP contribution in [0.5, 0.6) is 0 Å². The van der Waals surface area contributed by atoms with Gasteiger partial charge in [-0.25, -0.2) is 0 Å².